The van der Waals surface area contributed by atoms with Crippen molar-refractivity contribution in [3.8, 4) is 17.2 Å². The average molecular weight is 222 g/mol. The third-order valence-electron chi connectivity index (χ3n) is 2.48. The molecule has 1 aromatic carbocycles. The largest absolute Gasteiger partial charge is 0.504 e. The van der Waals surface area contributed by atoms with E-state index >= 15 is 0 Å². The van der Waals surface area contributed by atoms with Crippen LogP contribution in [0.15, 0.2) is 18.2 Å². The molecular formula is C13H18O3. The number of hydrogen-bond donors (Lipinski definition) is 1. The van der Waals surface area contributed by atoms with Gasteiger partial charge in [0.15, 0.2) is 11.5 Å². The van der Waals surface area contributed by atoms with Crippen LogP contribution in [-0.2, 0) is 0 Å². The van der Waals surface area contributed by atoms with Crippen LogP contribution >= 0.6 is 0 Å². The van der Waals surface area contributed by atoms with Gasteiger partial charge in [-0.2, -0.15) is 0 Å². The molecule has 0 saturated heterocycles. The average Bonchev–Trinajstić information content (AvgIpc) is 3.02. The van der Waals surface area contributed by atoms with Gasteiger partial charge >= 0.3 is 0 Å². The Kier molecular flexibility index (Phi) is 3.22. The van der Waals surface area contributed by atoms with Gasteiger partial charge in [-0.1, -0.05) is 6.07 Å². The Morgan fingerprint density at radius 3 is 2.75 bits per heavy atom. The Hall–Kier alpha value is -1.38. The van der Waals surface area contributed by atoms with Gasteiger partial charge in [0.25, 0.3) is 0 Å². The minimum Gasteiger partial charge on any atom is -0.504 e. The summed E-state index contributed by atoms with van der Waals surface area (Å²) < 4.78 is 11.2. The fraction of sp³-hybridized carbons (Fsp3) is 0.538. The molecule has 0 radical (unpaired) electrons. The molecule has 0 atom stereocenters. The lowest BCUT2D eigenvalue weighted by molar-refractivity contribution is 0.209. The van der Waals surface area contributed by atoms with Crippen LogP contribution in [0.25, 0.3) is 0 Å². The van der Waals surface area contributed by atoms with Crippen molar-refractivity contribution in [2.45, 2.75) is 32.8 Å². The molecule has 2 rings (SSSR count). The van der Waals surface area contributed by atoms with Crippen molar-refractivity contribution >= 4 is 0 Å². The zero-order valence-corrected chi connectivity index (χ0v) is 9.77. The normalized spacial score (nSPS) is 15.2. The second kappa shape index (κ2) is 4.64. The molecular weight excluding hydrogens is 204 g/mol. The summed E-state index contributed by atoms with van der Waals surface area (Å²) in [7, 11) is 0. The topological polar surface area (TPSA) is 38.7 Å². The Labute approximate surface area is 96.0 Å². The summed E-state index contributed by atoms with van der Waals surface area (Å²) in [5.41, 5.74) is 0. The fourth-order valence-electron chi connectivity index (χ4n) is 1.46. The van der Waals surface area contributed by atoms with Gasteiger partial charge in [0.2, 0.25) is 5.75 Å². The predicted molar refractivity (Wildman–Crippen MR) is 62.1 cm³/mol. The number of ether oxygens (including phenoxy) is 2. The molecule has 1 fully saturated rings. The molecule has 0 spiro atoms. The molecule has 0 aromatic heterocycles. The van der Waals surface area contributed by atoms with Crippen LogP contribution in [0.3, 0.4) is 0 Å². The molecule has 88 valence electrons. The molecule has 1 aromatic rings. The standard InChI is InChI=1S/C13H18O3/c1-9(2)16-13-11(14)4-3-5-12(13)15-8-10-6-7-10/h3-5,9-10,14H,6-8H2,1-2H3. The number of benzene rings is 1. The van der Waals surface area contributed by atoms with E-state index in [0.717, 1.165) is 6.61 Å². The van der Waals surface area contributed by atoms with Gasteiger partial charge in [0.1, 0.15) is 0 Å². The zero-order chi connectivity index (χ0) is 11.5. The maximum absolute atomic E-state index is 9.72. The molecule has 0 aliphatic heterocycles. The second-order valence-electron chi connectivity index (χ2n) is 4.53. The highest BCUT2D eigenvalue weighted by molar-refractivity contribution is 5.50. The van der Waals surface area contributed by atoms with Crippen molar-refractivity contribution in [2.75, 3.05) is 6.61 Å². The van der Waals surface area contributed by atoms with Crippen molar-refractivity contribution in [1.82, 2.24) is 0 Å². The minimum atomic E-state index is 0.0246. The van der Waals surface area contributed by atoms with Gasteiger partial charge in [-0.3, -0.25) is 0 Å². The highest BCUT2D eigenvalue weighted by atomic mass is 16.5. The number of phenols is 1. The Bertz CT molecular complexity index is 356. The maximum Gasteiger partial charge on any atom is 0.203 e. The molecule has 0 unspecified atom stereocenters. The van der Waals surface area contributed by atoms with Crippen molar-refractivity contribution < 1.29 is 14.6 Å². The van der Waals surface area contributed by atoms with E-state index in [2.05, 4.69) is 0 Å². The smallest absolute Gasteiger partial charge is 0.203 e. The van der Waals surface area contributed by atoms with E-state index in [1.165, 1.54) is 12.8 Å². The Balaban J connectivity index is 2.10. The molecule has 16 heavy (non-hydrogen) atoms. The first-order chi connectivity index (χ1) is 7.66. The van der Waals surface area contributed by atoms with E-state index in [0.29, 0.717) is 17.4 Å². The minimum absolute atomic E-state index is 0.0246. The van der Waals surface area contributed by atoms with Crippen molar-refractivity contribution in [1.29, 1.82) is 0 Å². The molecule has 0 bridgehead atoms. The summed E-state index contributed by atoms with van der Waals surface area (Å²) in [4.78, 5) is 0. The van der Waals surface area contributed by atoms with Crippen LogP contribution in [0.1, 0.15) is 26.7 Å². The lowest BCUT2D eigenvalue weighted by Gasteiger charge is -2.15. The summed E-state index contributed by atoms with van der Waals surface area (Å²) in [6.07, 6.45) is 2.52. The number of aromatic hydroxyl groups is 1. The van der Waals surface area contributed by atoms with E-state index in [1.807, 2.05) is 19.9 Å². The van der Waals surface area contributed by atoms with Gasteiger partial charge in [0, 0.05) is 0 Å². The van der Waals surface area contributed by atoms with E-state index in [1.54, 1.807) is 12.1 Å². The van der Waals surface area contributed by atoms with Crippen LogP contribution < -0.4 is 9.47 Å². The molecule has 1 aliphatic rings. The summed E-state index contributed by atoms with van der Waals surface area (Å²) in [5.74, 6) is 1.93. The van der Waals surface area contributed by atoms with Crippen LogP contribution in [0, 0.1) is 5.92 Å². The SMILES string of the molecule is CC(C)Oc1c(O)cccc1OCC1CC1. The third kappa shape index (κ3) is 2.81. The van der Waals surface area contributed by atoms with Crippen LogP contribution in [0.2, 0.25) is 0 Å². The molecule has 3 nitrogen and oxygen atoms in total. The molecule has 3 heteroatoms. The maximum atomic E-state index is 9.72. The van der Waals surface area contributed by atoms with Crippen molar-refractivity contribution in [3.05, 3.63) is 18.2 Å². The van der Waals surface area contributed by atoms with E-state index in [-0.39, 0.29) is 11.9 Å². The first kappa shape index (κ1) is 11.1. The third-order valence-corrected chi connectivity index (χ3v) is 2.48. The van der Waals surface area contributed by atoms with E-state index in [9.17, 15) is 5.11 Å². The highest BCUT2D eigenvalue weighted by Crippen LogP contribution is 2.38. The summed E-state index contributed by atoms with van der Waals surface area (Å²) in [5, 5.41) is 9.72. The van der Waals surface area contributed by atoms with Crippen molar-refractivity contribution in [2.24, 2.45) is 5.92 Å². The van der Waals surface area contributed by atoms with Gasteiger partial charge in [0.05, 0.1) is 12.7 Å². The van der Waals surface area contributed by atoms with E-state index < -0.39 is 0 Å². The van der Waals surface area contributed by atoms with Gasteiger partial charge < -0.3 is 14.6 Å². The molecule has 0 heterocycles. The molecule has 1 N–H and O–H groups in total. The quantitative estimate of drug-likeness (QED) is 0.832. The number of rotatable bonds is 5. The van der Waals surface area contributed by atoms with Crippen molar-refractivity contribution in [3.63, 3.8) is 0 Å². The van der Waals surface area contributed by atoms with Gasteiger partial charge in [-0.15, -0.1) is 0 Å². The second-order valence-corrected chi connectivity index (χ2v) is 4.53. The lowest BCUT2D eigenvalue weighted by atomic mass is 10.3. The summed E-state index contributed by atoms with van der Waals surface area (Å²) in [6.45, 7) is 4.58. The number of phenolic OH excluding ortho intramolecular Hbond substituents is 1. The molecule has 1 aliphatic carbocycles. The van der Waals surface area contributed by atoms with E-state index in [4.69, 9.17) is 9.47 Å². The first-order valence-electron chi connectivity index (χ1n) is 5.78. The van der Waals surface area contributed by atoms with Gasteiger partial charge in [-0.05, 0) is 44.7 Å². The Morgan fingerprint density at radius 1 is 1.38 bits per heavy atom. The van der Waals surface area contributed by atoms with Crippen LogP contribution in [0.4, 0.5) is 0 Å². The zero-order valence-electron chi connectivity index (χ0n) is 9.77. The lowest BCUT2D eigenvalue weighted by Crippen LogP contribution is -2.08. The molecule has 0 amide bonds. The monoisotopic (exact) mass is 222 g/mol. The van der Waals surface area contributed by atoms with Crippen LogP contribution in [-0.4, -0.2) is 17.8 Å². The molecule has 1 saturated carbocycles. The Morgan fingerprint density at radius 2 is 2.12 bits per heavy atom. The number of para-hydroxylation sites is 1. The number of hydrogen-bond acceptors (Lipinski definition) is 3. The predicted octanol–water partition coefficient (Wildman–Crippen LogP) is 2.97. The fourth-order valence-corrected chi connectivity index (χ4v) is 1.46. The van der Waals surface area contributed by atoms with Gasteiger partial charge in [-0.25, -0.2) is 0 Å². The highest BCUT2D eigenvalue weighted by Gasteiger charge is 2.23. The van der Waals surface area contributed by atoms with Crippen LogP contribution in [0.5, 0.6) is 17.2 Å². The summed E-state index contributed by atoms with van der Waals surface area (Å²) in [6, 6.07) is 5.21. The first-order valence-corrected chi connectivity index (χ1v) is 5.78. The summed E-state index contributed by atoms with van der Waals surface area (Å²) >= 11 is 0.